The molecule has 1 nitrogen and oxygen atoms in total. The van der Waals surface area contributed by atoms with E-state index in [2.05, 4.69) is 5.32 Å². The summed E-state index contributed by atoms with van der Waals surface area (Å²) in [6, 6.07) is 5.70. The van der Waals surface area contributed by atoms with Gasteiger partial charge in [-0.05, 0) is 62.4 Å². The van der Waals surface area contributed by atoms with Gasteiger partial charge in [-0.15, -0.1) is 0 Å². The van der Waals surface area contributed by atoms with Gasteiger partial charge in [0, 0.05) is 0 Å². The molecular weight excluding hydrogens is 275 g/mol. The Labute approximate surface area is 124 Å². The van der Waals surface area contributed by atoms with Gasteiger partial charge in [-0.1, -0.05) is 31.4 Å². The highest BCUT2D eigenvalue weighted by Gasteiger charge is 2.30. The molecule has 1 saturated carbocycles. The van der Waals surface area contributed by atoms with Gasteiger partial charge in [-0.2, -0.15) is 13.2 Å². The minimum atomic E-state index is -4.24. The number of rotatable bonds is 4. The third kappa shape index (κ3) is 4.73. The molecule has 0 bridgehead atoms. The normalized spacial score (nSPS) is 23.8. The first-order valence-electron chi connectivity index (χ1n) is 7.81. The second kappa shape index (κ2) is 7.30. The molecule has 0 spiro atoms. The Hall–Kier alpha value is -1.03. The van der Waals surface area contributed by atoms with Gasteiger partial charge in [0.05, 0.1) is 5.56 Å². The van der Waals surface area contributed by atoms with Gasteiger partial charge in [-0.25, -0.2) is 0 Å². The van der Waals surface area contributed by atoms with E-state index in [9.17, 15) is 13.2 Å². The fourth-order valence-corrected chi connectivity index (χ4v) is 3.39. The average molecular weight is 299 g/mol. The first-order chi connectivity index (χ1) is 10.0. The van der Waals surface area contributed by atoms with Crippen LogP contribution in [0, 0.1) is 11.8 Å². The van der Waals surface area contributed by atoms with Crippen LogP contribution in [0.5, 0.6) is 0 Å². The summed E-state index contributed by atoms with van der Waals surface area (Å²) >= 11 is 0. The van der Waals surface area contributed by atoms with Crippen molar-refractivity contribution in [3.63, 3.8) is 0 Å². The summed E-state index contributed by atoms with van der Waals surface area (Å²) < 4.78 is 37.8. The lowest BCUT2D eigenvalue weighted by atomic mass is 9.83. The van der Waals surface area contributed by atoms with Crippen LogP contribution in [-0.2, 0) is 12.6 Å². The zero-order valence-electron chi connectivity index (χ0n) is 12.5. The number of alkyl halides is 3. The molecule has 0 radical (unpaired) electrons. The van der Waals surface area contributed by atoms with Crippen molar-refractivity contribution in [3.8, 4) is 0 Å². The molecule has 2 atom stereocenters. The van der Waals surface area contributed by atoms with Crippen LogP contribution in [0.4, 0.5) is 13.2 Å². The van der Waals surface area contributed by atoms with Crippen molar-refractivity contribution in [2.24, 2.45) is 11.8 Å². The summed E-state index contributed by atoms with van der Waals surface area (Å²) in [6.07, 6.45) is 2.87. The highest BCUT2D eigenvalue weighted by Crippen LogP contribution is 2.33. The summed E-state index contributed by atoms with van der Waals surface area (Å²) in [5.41, 5.74) is 0.467. The van der Waals surface area contributed by atoms with Gasteiger partial charge in [0.1, 0.15) is 0 Å². The van der Waals surface area contributed by atoms with Crippen molar-refractivity contribution in [1.82, 2.24) is 5.32 Å². The van der Waals surface area contributed by atoms with E-state index < -0.39 is 11.7 Å². The maximum absolute atomic E-state index is 12.6. The Morgan fingerprint density at radius 1 is 1.00 bits per heavy atom. The van der Waals surface area contributed by atoms with Crippen molar-refractivity contribution in [1.29, 1.82) is 0 Å². The third-order valence-electron chi connectivity index (χ3n) is 4.56. The summed E-state index contributed by atoms with van der Waals surface area (Å²) in [5, 5.41) is 3.26. The molecule has 1 aliphatic carbocycles. The van der Waals surface area contributed by atoms with Crippen LogP contribution in [0.25, 0.3) is 0 Å². The molecule has 1 aromatic rings. The molecular formula is C17H24F3N. The average Bonchev–Trinajstić information content (AvgIpc) is 2.65. The fourth-order valence-electron chi connectivity index (χ4n) is 3.39. The topological polar surface area (TPSA) is 12.0 Å². The predicted octanol–water partition coefficient (Wildman–Crippen LogP) is 4.66. The number of hydrogen-bond donors (Lipinski definition) is 1. The maximum atomic E-state index is 12.6. The Balaban J connectivity index is 2.04. The van der Waals surface area contributed by atoms with E-state index in [-0.39, 0.29) is 0 Å². The molecule has 0 amide bonds. The van der Waals surface area contributed by atoms with Crippen LogP contribution >= 0.6 is 0 Å². The number of benzene rings is 1. The van der Waals surface area contributed by atoms with E-state index in [0.29, 0.717) is 11.8 Å². The number of nitrogens with one attached hydrogen (secondary N) is 1. The Morgan fingerprint density at radius 2 is 1.62 bits per heavy atom. The third-order valence-corrected chi connectivity index (χ3v) is 4.56. The first-order valence-corrected chi connectivity index (χ1v) is 7.81. The molecule has 1 N–H and O–H groups in total. The maximum Gasteiger partial charge on any atom is 0.416 e. The van der Waals surface area contributed by atoms with E-state index in [1.54, 1.807) is 12.1 Å². The van der Waals surface area contributed by atoms with E-state index in [4.69, 9.17) is 0 Å². The SMILES string of the molecule is CNCC1CCCCCC1Cc1ccc(C(F)(F)F)cc1. The highest BCUT2D eigenvalue weighted by molar-refractivity contribution is 5.25. The van der Waals surface area contributed by atoms with Gasteiger partial charge < -0.3 is 5.32 Å². The standard InChI is InChI=1S/C17H24F3N/c1-21-12-15-6-4-2-3-5-14(15)11-13-7-9-16(10-8-13)17(18,19)20/h7-10,14-15,21H,2-6,11-12H2,1H3. The van der Waals surface area contributed by atoms with Crippen LogP contribution in [0.3, 0.4) is 0 Å². The van der Waals surface area contributed by atoms with Crippen LogP contribution < -0.4 is 5.32 Å². The molecule has 1 aliphatic rings. The molecule has 0 aromatic heterocycles. The summed E-state index contributed by atoms with van der Waals surface area (Å²) in [5.74, 6) is 1.22. The lowest BCUT2D eigenvalue weighted by Crippen LogP contribution is -2.26. The molecule has 118 valence electrons. The molecule has 4 heteroatoms. The monoisotopic (exact) mass is 299 g/mol. The van der Waals surface area contributed by atoms with Crippen LogP contribution in [-0.4, -0.2) is 13.6 Å². The van der Waals surface area contributed by atoms with Crippen molar-refractivity contribution in [2.75, 3.05) is 13.6 Å². The van der Waals surface area contributed by atoms with Gasteiger partial charge in [0.2, 0.25) is 0 Å². The number of halogens is 3. The lowest BCUT2D eigenvalue weighted by Gasteiger charge is -2.25. The minimum absolute atomic E-state index is 0.557. The van der Waals surface area contributed by atoms with E-state index in [1.165, 1.54) is 44.2 Å². The van der Waals surface area contributed by atoms with Crippen molar-refractivity contribution in [2.45, 2.75) is 44.7 Å². The Bertz CT molecular complexity index is 425. The molecule has 21 heavy (non-hydrogen) atoms. The summed E-state index contributed by atoms with van der Waals surface area (Å²) in [4.78, 5) is 0. The van der Waals surface area contributed by atoms with E-state index in [0.717, 1.165) is 18.5 Å². The Morgan fingerprint density at radius 3 is 2.19 bits per heavy atom. The van der Waals surface area contributed by atoms with Gasteiger partial charge in [0.15, 0.2) is 0 Å². The van der Waals surface area contributed by atoms with Crippen LogP contribution in [0.2, 0.25) is 0 Å². The minimum Gasteiger partial charge on any atom is -0.319 e. The fraction of sp³-hybridized carbons (Fsp3) is 0.647. The van der Waals surface area contributed by atoms with Crippen molar-refractivity contribution in [3.05, 3.63) is 35.4 Å². The van der Waals surface area contributed by atoms with Crippen molar-refractivity contribution >= 4 is 0 Å². The zero-order valence-corrected chi connectivity index (χ0v) is 12.5. The molecule has 2 unspecified atom stereocenters. The summed E-state index contributed by atoms with van der Waals surface area (Å²) in [6.45, 7) is 1.01. The van der Waals surface area contributed by atoms with E-state index in [1.807, 2.05) is 7.05 Å². The molecule has 0 aliphatic heterocycles. The molecule has 0 saturated heterocycles. The molecule has 1 aromatic carbocycles. The Kier molecular flexibility index (Phi) is 5.68. The number of hydrogen-bond acceptors (Lipinski definition) is 1. The lowest BCUT2D eigenvalue weighted by molar-refractivity contribution is -0.137. The molecule has 0 heterocycles. The van der Waals surface area contributed by atoms with Gasteiger partial charge in [-0.3, -0.25) is 0 Å². The first kappa shape index (κ1) is 16.3. The molecule has 2 rings (SSSR count). The second-order valence-corrected chi connectivity index (χ2v) is 6.11. The highest BCUT2D eigenvalue weighted by atomic mass is 19.4. The zero-order chi connectivity index (χ0) is 15.3. The predicted molar refractivity (Wildman–Crippen MR) is 79.1 cm³/mol. The van der Waals surface area contributed by atoms with Gasteiger partial charge in [0.25, 0.3) is 0 Å². The second-order valence-electron chi connectivity index (χ2n) is 6.11. The van der Waals surface area contributed by atoms with E-state index >= 15 is 0 Å². The largest absolute Gasteiger partial charge is 0.416 e. The summed E-state index contributed by atoms with van der Waals surface area (Å²) in [7, 11) is 1.97. The smallest absolute Gasteiger partial charge is 0.319 e. The van der Waals surface area contributed by atoms with Gasteiger partial charge >= 0.3 is 6.18 Å². The van der Waals surface area contributed by atoms with Crippen LogP contribution in [0.15, 0.2) is 24.3 Å². The van der Waals surface area contributed by atoms with Crippen molar-refractivity contribution < 1.29 is 13.2 Å². The quantitative estimate of drug-likeness (QED) is 0.797. The molecule has 1 fully saturated rings. The van der Waals surface area contributed by atoms with Crippen LogP contribution in [0.1, 0.15) is 43.2 Å².